The fraction of sp³-hybridized carbons (Fsp3) is 0.645. The molecule has 7 heteroatoms. The van der Waals surface area contributed by atoms with E-state index in [4.69, 9.17) is 4.84 Å². The lowest BCUT2D eigenvalue weighted by Crippen LogP contribution is -2.55. The molecular weight excluding hydrogens is 478 g/mol. The highest BCUT2D eigenvalue weighted by atomic mass is 16.7. The van der Waals surface area contributed by atoms with Crippen LogP contribution in [0.25, 0.3) is 0 Å². The van der Waals surface area contributed by atoms with E-state index in [-0.39, 0.29) is 25.0 Å². The summed E-state index contributed by atoms with van der Waals surface area (Å²) in [6.45, 7) is 6.85. The molecule has 0 aliphatic carbocycles. The van der Waals surface area contributed by atoms with Crippen molar-refractivity contribution in [3.05, 3.63) is 48.0 Å². The minimum Gasteiger partial charge on any atom is -0.354 e. The Morgan fingerprint density at radius 2 is 1.53 bits per heavy atom. The summed E-state index contributed by atoms with van der Waals surface area (Å²) in [7, 11) is 0. The molecule has 1 aliphatic rings. The van der Waals surface area contributed by atoms with Crippen LogP contribution in [-0.2, 0) is 25.8 Å². The predicted molar refractivity (Wildman–Crippen MR) is 152 cm³/mol. The fourth-order valence-electron chi connectivity index (χ4n) is 4.62. The number of nitrogens with one attached hydrogen (secondary N) is 2. The van der Waals surface area contributed by atoms with E-state index in [1.807, 2.05) is 51.1 Å². The molecule has 0 saturated carbocycles. The van der Waals surface area contributed by atoms with Crippen molar-refractivity contribution in [1.82, 2.24) is 15.7 Å². The van der Waals surface area contributed by atoms with Crippen LogP contribution in [0.3, 0.4) is 0 Å². The van der Waals surface area contributed by atoms with Crippen molar-refractivity contribution in [2.75, 3.05) is 13.1 Å². The second-order valence-electron chi connectivity index (χ2n) is 11.4. The Morgan fingerprint density at radius 1 is 0.895 bits per heavy atom. The molecule has 212 valence electrons. The summed E-state index contributed by atoms with van der Waals surface area (Å²) in [5, 5.41) is 7.25. The molecule has 38 heavy (non-hydrogen) atoms. The number of allylic oxidation sites excluding steroid dienone is 2. The van der Waals surface area contributed by atoms with Gasteiger partial charge in [-0.2, -0.15) is 0 Å². The average molecular weight is 528 g/mol. The third-order valence-electron chi connectivity index (χ3n) is 6.98. The number of carbonyl (C=O) groups is 3. The van der Waals surface area contributed by atoms with Crippen molar-refractivity contribution in [2.24, 2.45) is 11.3 Å². The molecule has 0 saturated heterocycles. The van der Waals surface area contributed by atoms with Crippen molar-refractivity contribution >= 4 is 18.2 Å². The fourth-order valence-corrected chi connectivity index (χ4v) is 4.62. The molecule has 3 amide bonds. The van der Waals surface area contributed by atoms with Crippen LogP contribution in [-0.4, -0.2) is 42.4 Å². The van der Waals surface area contributed by atoms with Gasteiger partial charge in [0, 0.05) is 6.54 Å². The zero-order valence-electron chi connectivity index (χ0n) is 23.8. The highest BCUT2D eigenvalue weighted by Gasteiger charge is 2.34. The summed E-state index contributed by atoms with van der Waals surface area (Å²) in [5.41, 5.74) is 0.479. The van der Waals surface area contributed by atoms with Crippen LogP contribution in [0.4, 0.5) is 0 Å². The van der Waals surface area contributed by atoms with Gasteiger partial charge in [-0.25, -0.2) is 5.06 Å². The quantitative estimate of drug-likeness (QED) is 0.282. The van der Waals surface area contributed by atoms with Gasteiger partial charge in [-0.1, -0.05) is 95.4 Å². The van der Waals surface area contributed by atoms with E-state index in [1.54, 1.807) is 0 Å². The molecule has 0 radical (unpaired) electrons. The molecule has 1 aromatic carbocycles. The minimum absolute atomic E-state index is 0.129. The molecule has 2 N–H and O–H groups in total. The van der Waals surface area contributed by atoms with E-state index < -0.39 is 17.4 Å². The third-order valence-corrected chi connectivity index (χ3v) is 6.98. The first-order valence-corrected chi connectivity index (χ1v) is 14.4. The molecule has 1 aromatic rings. The molecule has 2 atom stereocenters. The van der Waals surface area contributed by atoms with Gasteiger partial charge in [-0.15, -0.1) is 0 Å². The van der Waals surface area contributed by atoms with Crippen LogP contribution >= 0.6 is 0 Å². The zero-order valence-corrected chi connectivity index (χ0v) is 23.8. The summed E-state index contributed by atoms with van der Waals surface area (Å²) in [4.78, 5) is 44.2. The largest absolute Gasteiger partial charge is 0.354 e. The summed E-state index contributed by atoms with van der Waals surface area (Å²) < 4.78 is 0. The highest BCUT2D eigenvalue weighted by Crippen LogP contribution is 2.21. The van der Waals surface area contributed by atoms with E-state index in [0.29, 0.717) is 19.4 Å². The Morgan fingerprint density at radius 3 is 2.18 bits per heavy atom. The molecule has 0 spiro atoms. The summed E-state index contributed by atoms with van der Waals surface area (Å²) >= 11 is 0. The van der Waals surface area contributed by atoms with E-state index in [0.717, 1.165) is 37.7 Å². The Balaban J connectivity index is 2.11. The van der Waals surface area contributed by atoms with Gasteiger partial charge in [0.25, 0.3) is 0 Å². The highest BCUT2D eigenvalue weighted by molar-refractivity contribution is 5.89. The molecule has 1 heterocycles. The van der Waals surface area contributed by atoms with Gasteiger partial charge in [0.05, 0.1) is 12.5 Å². The first-order chi connectivity index (χ1) is 18.3. The SMILES string of the molecule is CC(C)(C)[C@@H]1NC(=O)[C@@H](CN(C=O)OCc2ccccc2)CCC/C=C/CCCCCCCCCNC1=O. The van der Waals surface area contributed by atoms with Crippen LogP contribution in [0.2, 0.25) is 0 Å². The second-order valence-corrected chi connectivity index (χ2v) is 11.4. The van der Waals surface area contributed by atoms with Gasteiger partial charge in [0.15, 0.2) is 0 Å². The number of rotatable bonds is 6. The van der Waals surface area contributed by atoms with E-state index >= 15 is 0 Å². The predicted octanol–water partition coefficient (Wildman–Crippen LogP) is 5.70. The van der Waals surface area contributed by atoms with E-state index in [1.165, 1.54) is 37.2 Å². The van der Waals surface area contributed by atoms with Gasteiger partial charge >= 0.3 is 0 Å². The minimum atomic E-state index is -0.669. The number of hydrogen-bond donors (Lipinski definition) is 2. The first-order valence-electron chi connectivity index (χ1n) is 14.4. The van der Waals surface area contributed by atoms with Crippen molar-refractivity contribution in [2.45, 2.75) is 104 Å². The maximum Gasteiger partial charge on any atom is 0.243 e. The molecular formula is C31H49N3O4. The van der Waals surface area contributed by atoms with Crippen LogP contribution in [0, 0.1) is 11.3 Å². The number of hydroxylamine groups is 2. The van der Waals surface area contributed by atoms with Crippen LogP contribution in [0.15, 0.2) is 42.5 Å². The van der Waals surface area contributed by atoms with E-state index in [9.17, 15) is 14.4 Å². The molecule has 0 aromatic heterocycles. The summed E-state index contributed by atoms with van der Waals surface area (Å²) in [5.74, 6) is -0.879. The number of hydrogen-bond acceptors (Lipinski definition) is 4. The van der Waals surface area contributed by atoms with Gasteiger partial charge in [-0.3, -0.25) is 19.2 Å². The normalized spacial score (nSPS) is 22.5. The molecule has 0 unspecified atom stereocenters. The van der Waals surface area contributed by atoms with Gasteiger partial charge < -0.3 is 10.6 Å². The topological polar surface area (TPSA) is 87.7 Å². The van der Waals surface area contributed by atoms with Gasteiger partial charge in [-0.05, 0) is 49.5 Å². The monoisotopic (exact) mass is 527 g/mol. The van der Waals surface area contributed by atoms with Crippen molar-refractivity contribution < 1.29 is 19.2 Å². The second kappa shape index (κ2) is 17.8. The lowest BCUT2D eigenvalue weighted by Gasteiger charge is -2.32. The molecule has 2 rings (SSSR count). The molecule has 7 nitrogen and oxygen atoms in total. The maximum atomic E-state index is 13.5. The van der Waals surface area contributed by atoms with Crippen LogP contribution < -0.4 is 10.6 Å². The van der Waals surface area contributed by atoms with E-state index in [2.05, 4.69) is 22.8 Å². The molecule has 0 fully saturated rings. The Bertz CT molecular complexity index is 850. The number of nitrogens with zero attached hydrogens (tertiary/aromatic N) is 1. The lowest BCUT2D eigenvalue weighted by atomic mass is 9.85. The van der Waals surface area contributed by atoms with Crippen molar-refractivity contribution in [3.63, 3.8) is 0 Å². The number of amides is 3. The van der Waals surface area contributed by atoms with Gasteiger partial charge in [0.2, 0.25) is 18.2 Å². The average Bonchev–Trinajstić information content (AvgIpc) is 2.89. The number of carbonyl (C=O) groups excluding carboxylic acids is 3. The van der Waals surface area contributed by atoms with Gasteiger partial charge in [0.1, 0.15) is 12.6 Å². The standard InChI is InChI=1S/C31H49N3O4/c1-31(2,3)28-30(37)32-22-18-13-11-9-7-5-4-6-8-10-12-17-21-27(29(36)33-28)23-34(25-35)38-24-26-19-15-14-16-20-26/h8,10,14-16,19-20,25,27-28H,4-7,9,11-13,17-18,21-24H2,1-3H3,(H,32,37)(H,33,36)/b10-8+/t27-,28-/m1/s1. The number of benzene rings is 1. The Hall–Kier alpha value is -2.67. The molecule has 1 aliphatic heterocycles. The Labute approximate surface area is 229 Å². The van der Waals surface area contributed by atoms with Crippen LogP contribution in [0.1, 0.15) is 97.0 Å². The third kappa shape index (κ3) is 12.7. The molecule has 0 bridgehead atoms. The maximum absolute atomic E-state index is 13.5. The first kappa shape index (κ1) is 31.5. The van der Waals surface area contributed by atoms with Crippen LogP contribution in [0.5, 0.6) is 0 Å². The van der Waals surface area contributed by atoms with Crippen molar-refractivity contribution in [1.29, 1.82) is 0 Å². The lowest BCUT2D eigenvalue weighted by molar-refractivity contribution is -0.182. The van der Waals surface area contributed by atoms with Crippen molar-refractivity contribution in [3.8, 4) is 0 Å². The smallest absolute Gasteiger partial charge is 0.243 e. The summed E-state index contributed by atoms with van der Waals surface area (Å²) in [6.07, 6.45) is 16.6. The Kier molecular flexibility index (Phi) is 14.8. The summed E-state index contributed by atoms with van der Waals surface area (Å²) in [6, 6.07) is 8.93. The zero-order chi connectivity index (χ0) is 27.6.